The molecule has 164 valence electrons. The predicted molar refractivity (Wildman–Crippen MR) is 118 cm³/mol. The van der Waals surface area contributed by atoms with E-state index in [1.54, 1.807) is 58.3 Å². The molecule has 1 atom stereocenters. The minimum atomic E-state index is -0.882. The lowest BCUT2D eigenvalue weighted by atomic mass is 9.98. The molecule has 5 rings (SSSR count). The summed E-state index contributed by atoms with van der Waals surface area (Å²) < 4.78 is 0. The fourth-order valence-electron chi connectivity index (χ4n) is 4.73. The molecule has 32 heavy (non-hydrogen) atoms. The zero-order valence-corrected chi connectivity index (χ0v) is 17.6. The number of carbonyl (C=O) groups is 4. The molecule has 2 fully saturated rings. The second kappa shape index (κ2) is 7.37. The first-order chi connectivity index (χ1) is 15.4. The van der Waals surface area contributed by atoms with Crippen LogP contribution in [0.2, 0.25) is 0 Å². The number of rotatable bonds is 4. The second-order valence-electron chi connectivity index (χ2n) is 8.33. The topological polar surface area (TPSA) is 102 Å². The minimum absolute atomic E-state index is 0.0561. The standard InChI is InChI=1S/C23H23N5O4/c1-23-11-10-20(30)28(23)18-5-3-2-4-17(18)21(31)27(23)14-19(29)25-15-6-8-16(9-7-15)26-13-12-24-22(26)32/h2-9H,10-14H2,1H3,(H,24,32)(H,25,29). The van der Waals surface area contributed by atoms with E-state index in [-0.39, 0.29) is 30.3 Å². The van der Waals surface area contributed by atoms with E-state index in [2.05, 4.69) is 10.6 Å². The van der Waals surface area contributed by atoms with Gasteiger partial charge < -0.3 is 15.5 Å². The summed E-state index contributed by atoms with van der Waals surface area (Å²) in [5.74, 6) is -0.677. The monoisotopic (exact) mass is 433 g/mol. The van der Waals surface area contributed by atoms with Crippen molar-refractivity contribution in [2.24, 2.45) is 0 Å². The lowest BCUT2D eigenvalue weighted by Crippen LogP contribution is -2.63. The van der Waals surface area contributed by atoms with E-state index in [0.29, 0.717) is 42.9 Å². The van der Waals surface area contributed by atoms with Gasteiger partial charge >= 0.3 is 6.03 Å². The Morgan fingerprint density at radius 2 is 1.84 bits per heavy atom. The summed E-state index contributed by atoms with van der Waals surface area (Å²) in [6.45, 7) is 2.85. The molecular weight excluding hydrogens is 410 g/mol. The molecule has 1 unspecified atom stereocenters. The molecule has 0 spiro atoms. The van der Waals surface area contributed by atoms with Crippen molar-refractivity contribution in [3.05, 3.63) is 54.1 Å². The van der Waals surface area contributed by atoms with Gasteiger partial charge in [-0.25, -0.2) is 4.79 Å². The summed E-state index contributed by atoms with van der Waals surface area (Å²) >= 11 is 0. The number of amides is 5. The molecule has 2 aromatic carbocycles. The fourth-order valence-corrected chi connectivity index (χ4v) is 4.73. The number of hydrogen-bond donors (Lipinski definition) is 2. The van der Waals surface area contributed by atoms with Gasteiger partial charge in [-0.15, -0.1) is 0 Å². The smallest absolute Gasteiger partial charge is 0.321 e. The average molecular weight is 433 g/mol. The zero-order valence-electron chi connectivity index (χ0n) is 17.6. The lowest BCUT2D eigenvalue weighted by molar-refractivity contribution is -0.120. The van der Waals surface area contributed by atoms with E-state index in [9.17, 15) is 19.2 Å². The maximum atomic E-state index is 13.2. The Kier molecular flexibility index (Phi) is 4.61. The molecule has 0 saturated carbocycles. The highest BCUT2D eigenvalue weighted by Crippen LogP contribution is 2.43. The molecule has 3 heterocycles. The van der Waals surface area contributed by atoms with Gasteiger partial charge in [-0.05, 0) is 49.7 Å². The molecule has 2 saturated heterocycles. The van der Waals surface area contributed by atoms with Crippen molar-refractivity contribution in [3.8, 4) is 0 Å². The molecule has 9 nitrogen and oxygen atoms in total. The second-order valence-corrected chi connectivity index (χ2v) is 8.33. The third-order valence-corrected chi connectivity index (χ3v) is 6.37. The van der Waals surface area contributed by atoms with Crippen molar-refractivity contribution >= 4 is 40.8 Å². The van der Waals surface area contributed by atoms with E-state index in [4.69, 9.17) is 0 Å². The Bertz CT molecular complexity index is 1130. The van der Waals surface area contributed by atoms with Crippen LogP contribution in [0.25, 0.3) is 0 Å². The van der Waals surface area contributed by atoms with Crippen LogP contribution in [0.15, 0.2) is 48.5 Å². The van der Waals surface area contributed by atoms with Crippen LogP contribution in [0.1, 0.15) is 30.1 Å². The van der Waals surface area contributed by atoms with E-state index in [1.807, 2.05) is 6.92 Å². The first kappa shape index (κ1) is 20.0. The number of anilines is 3. The quantitative estimate of drug-likeness (QED) is 0.771. The van der Waals surface area contributed by atoms with Gasteiger partial charge in [0.1, 0.15) is 12.2 Å². The van der Waals surface area contributed by atoms with E-state index in [1.165, 1.54) is 4.90 Å². The van der Waals surface area contributed by atoms with E-state index >= 15 is 0 Å². The Labute approximate surface area is 185 Å². The summed E-state index contributed by atoms with van der Waals surface area (Å²) in [6.07, 6.45) is 0.785. The van der Waals surface area contributed by atoms with Crippen molar-refractivity contribution < 1.29 is 19.2 Å². The van der Waals surface area contributed by atoms with Crippen molar-refractivity contribution in [2.45, 2.75) is 25.4 Å². The minimum Gasteiger partial charge on any atom is -0.336 e. The van der Waals surface area contributed by atoms with Crippen LogP contribution < -0.4 is 20.4 Å². The average Bonchev–Trinajstić information content (AvgIpc) is 3.35. The molecule has 0 bridgehead atoms. The summed E-state index contributed by atoms with van der Waals surface area (Å²) in [7, 11) is 0. The molecule has 2 aromatic rings. The lowest BCUT2D eigenvalue weighted by Gasteiger charge is -2.48. The largest absolute Gasteiger partial charge is 0.336 e. The molecule has 0 aromatic heterocycles. The maximum absolute atomic E-state index is 13.2. The van der Waals surface area contributed by atoms with Crippen LogP contribution in [0.5, 0.6) is 0 Å². The Morgan fingerprint density at radius 3 is 2.56 bits per heavy atom. The van der Waals surface area contributed by atoms with Crippen molar-refractivity contribution in [3.63, 3.8) is 0 Å². The van der Waals surface area contributed by atoms with Crippen LogP contribution in [-0.4, -0.2) is 53.9 Å². The van der Waals surface area contributed by atoms with Crippen LogP contribution >= 0.6 is 0 Å². The van der Waals surface area contributed by atoms with Crippen LogP contribution in [0, 0.1) is 0 Å². The number of fused-ring (bicyclic) bond motifs is 3. The molecular formula is C23H23N5O4. The highest BCUT2D eigenvalue weighted by molar-refractivity contribution is 6.11. The molecule has 3 aliphatic rings. The number of carbonyl (C=O) groups excluding carboxylic acids is 4. The Morgan fingerprint density at radius 1 is 1.09 bits per heavy atom. The molecule has 0 aliphatic carbocycles. The molecule has 5 amide bonds. The summed E-state index contributed by atoms with van der Waals surface area (Å²) in [5.41, 5.74) is 1.44. The van der Waals surface area contributed by atoms with Gasteiger partial charge in [0.15, 0.2) is 0 Å². The van der Waals surface area contributed by atoms with E-state index in [0.717, 1.165) is 5.69 Å². The van der Waals surface area contributed by atoms with Crippen LogP contribution in [0.3, 0.4) is 0 Å². The first-order valence-corrected chi connectivity index (χ1v) is 10.6. The molecule has 0 radical (unpaired) electrons. The van der Waals surface area contributed by atoms with Crippen molar-refractivity contribution in [1.82, 2.24) is 10.2 Å². The number of nitrogens with zero attached hydrogens (tertiary/aromatic N) is 3. The van der Waals surface area contributed by atoms with Gasteiger partial charge in [0.05, 0.1) is 11.3 Å². The Balaban J connectivity index is 1.34. The SMILES string of the molecule is CC12CCC(=O)N1c1ccccc1C(=O)N2CC(=O)Nc1ccc(N2CCNC2=O)cc1. The highest BCUT2D eigenvalue weighted by Gasteiger charge is 2.53. The number of benzene rings is 2. The van der Waals surface area contributed by atoms with Crippen LogP contribution in [0.4, 0.5) is 21.9 Å². The first-order valence-electron chi connectivity index (χ1n) is 10.6. The Hall–Kier alpha value is -3.88. The summed E-state index contributed by atoms with van der Waals surface area (Å²) in [5, 5.41) is 5.56. The molecule has 3 aliphatic heterocycles. The van der Waals surface area contributed by atoms with Gasteiger partial charge in [-0.1, -0.05) is 12.1 Å². The highest BCUT2D eigenvalue weighted by atomic mass is 16.2. The number of hydrogen-bond acceptors (Lipinski definition) is 4. The summed E-state index contributed by atoms with van der Waals surface area (Å²) in [4.78, 5) is 55.3. The third kappa shape index (κ3) is 3.08. The van der Waals surface area contributed by atoms with Gasteiger partial charge in [-0.2, -0.15) is 0 Å². The molecule has 2 N–H and O–H groups in total. The third-order valence-electron chi connectivity index (χ3n) is 6.37. The normalized spacial score (nSPS) is 22.0. The van der Waals surface area contributed by atoms with Crippen molar-refractivity contribution in [2.75, 3.05) is 34.8 Å². The fraction of sp³-hybridized carbons (Fsp3) is 0.304. The van der Waals surface area contributed by atoms with Gasteiger partial charge in [0.2, 0.25) is 11.8 Å². The van der Waals surface area contributed by atoms with Crippen molar-refractivity contribution in [1.29, 1.82) is 0 Å². The summed E-state index contributed by atoms with van der Waals surface area (Å²) in [6, 6.07) is 13.8. The maximum Gasteiger partial charge on any atom is 0.321 e. The zero-order chi connectivity index (χ0) is 22.5. The van der Waals surface area contributed by atoms with Gasteiger partial charge in [-0.3, -0.25) is 24.2 Å². The van der Waals surface area contributed by atoms with Gasteiger partial charge in [0, 0.05) is 30.9 Å². The van der Waals surface area contributed by atoms with E-state index < -0.39 is 5.66 Å². The number of nitrogens with one attached hydrogen (secondary N) is 2. The number of para-hydroxylation sites is 1. The van der Waals surface area contributed by atoms with Gasteiger partial charge in [0.25, 0.3) is 5.91 Å². The number of urea groups is 1. The van der Waals surface area contributed by atoms with Crippen LogP contribution in [-0.2, 0) is 9.59 Å². The predicted octanol–water partition coefficient (Wildman–Crippen LogP) is 2.15. The molecule has 9 heteroatoms.